The molecule has 0 bridgehead atoms. The third-order valence-electron chi connectivity index (χ3n) is 2.41. The fraction of sp³-hybridized carbons (Fsp3) is 0.462. The number of aliphatic carboxylic acids is 1. The van der Waals surface area contributed by atoms with Crippen molar-refractivity contribution < 1.29 is 9.90 Å². The zero-order valence-electron chi connectivity index (χ0n) is 9.70. The molecule has 2 N–H and O–H groups in total. The molecule has 0 radical (unpaired) electrons. The van der Waals surface area contributed by atoms with Crippen molar-refractivity contribution in [1.29, 1.82) is 0 Å². The molecule has 88 valence electrons. The van der Waals surface area contributed by atoms with Crippen molar-refractivity contribution in [3.63, 3.8) is 0 Å². The first-order chi connectivity index (χ1) is 7.72. The van der Waals surface area contributed by atoms with E-state index in [9.17, 15) is 4.79 Å². The summed E-state index contributed by atoms with van der Waals surface area (Å²) >= 11 is 0. The van der Waals surface area contributed by atoms with Gasteiger partial charge in [0.15, 0.2) is 0 Å². The summed E-state index contributed by atoms with van der Waals surface area (Å²) in [5.41, 5.74) is 2.56. The van der Waals surface area contributed by atoms with Gasteiger partial charge in [-0.25, -0.2) is 0 Å². The maximum atomic E-state index is 10.3. The van der Waals surface area contributed by atoms with Crippen molar-refractivity contribution in [3.8, 4) is 0 Å². The minimum absolute atomic E-state index is 0.175. The summed E-state index contributed by atoms with van der Waals surface area (Å²) in [6.07, 6.45) is 2.46. The molecular weight excluding hydrogens is 202 g/mol. The van der Waals surface area contributed by atoms with Crippen molar-refractivity contribution in [1.82, 2.24) is 5.32 Å². The number of carbonyl (C=O) groups is 1. The van der Waals surface area contributed by atoms with E-state index < -0.39 is 5.97 Å². The van der Waals surface area contributed by atoms with E-state index in [1.165, 1.54) is 11.1 Å². The van der Waals surface area contributed by atoms with Crippen molar-refractivity contribution in [2.24, 2.45) is 0 Å². The van der Waals surface area contributed by atoms with Crippen LogP contribution in [0.4, 0.5) is 0 Å². The lowest BCUT2D eigenvalue weighted by molar-refractivity contribution is -0.136. The first-order valence-electron chi connectivity index (χ1n) is 5.72. The van der Waals surface area contributed by atoms with Crippen LogP contribution in [0, 0.1) is 0 Å². The largest absolute Gasteiger partial charge is 0.481 e. The second kappa shape index (κ2) is 7.01. The Morgan fingerprint density at radius 3 is 2.44 bits per heavy atom. The molecule has 1 aromatic rings. The fourth-order valence-corrected chi connectivity index (χ4v) is 1.54. The number of benzene rings is 1. The summed E-state index contributed by atoms with van der Waals surface area (Å²) in [6.45, 7) is 3.42. The minimum atomic E-state index is -0.759. The van der Waals surface area contributed by atoms with Gasteiger partial charge in [0.2, 0.25) is 0 Å². The lowest BCUT2D eigenvalue weighted by Gasteiger charge is -2.04. The summed E-state index contributed by atoms with van der Waals surface area (Å²) in [6, 6.07) is 8.47. The predicted octanol–water partition coefficient (Wildman–Crippen LogP) is 2.20. The van der Waals surface area contributed by atoms with Crippen LogP contribution in [0.3, 0.4) is 0 Å². The zero-order chi connectivity index (χ0) is 11.8. The van der Waals surface area contributed by atoms with E-state index in [0.717, 1.165) is 19.4 Å². The summed E-state index contributed by atoms with van der Waals surface area (Å²) < 4.78 is 0. The van der Waals surface area contributed by atoms with Gasteiger partial charge in [0.1, 0.15) is 0 Å². The van der Waals surface area contributed by atoms with Crippen molar-refractivity contribution in [2.45, 2.75) is 32.7 Å². The second-order valence-electron chi connectivity index (χ2n) is 3.89. The van der Waals surface area contributed by atoms with E-state index >= 15 is 0 Å². The minimum Gasteiger partial charge on any atom is -0.481 e. The highest BCUT2D eigenvalue weighted by atomic mass is 16.4. The Kier molecular flexibility index (Phi) is 5.57. The van der Waals surface area contributed by atoms with Gasteiger partial charge in [-0.3, -0.25) is 4.79 Å². The second-order valence-corrected chi connectivity index (χ2v) is 3.89. The molecule has 3 nitrogen and oxygen atoms in total. The average Bonchev–Trinajstić information content (AvgIpc) is 2.27. The van der Waals surface area contributed by atoms with Gasteiger partial charge >= 0.3 is 5.97 Å². The molecule has 0 aromatic heterocycles. The van der Waals surface area contributed by atoms with E-state index in [4.69, 9.17) is 5.11 Å². The Balaban J connectivity index is 2.29. The molecule has 0 aliphatic carbocycles. The maximum absolute atomic E-state index is 10.3. The predicted molar refractivity (Wildman–Crippen MR) is 64.4 cm³/mol. The molecule has 0 amide bonds. The molecule has 0 atom stereocenters. The molecule has 0 heterocycles. The van der Waals surface area contributed by atoms with Crippen LogP contribution in [0.2, 0.25) is 0 Å². The maximum Gasteiger partial charge on any atom is 0.304 e. The fourth-order valence-electron chi connectivity index (χ4n) is 1.54. The van der Waals surface area contributed by atoms with Crippen LogP contribution in [-0.4, -0.2) is 17.6 Å². The topological polar surface area (TPSA) is 49.3 Å². The number of hydrogen-bond acceptors (Lipinski definition) is 2. The van der Waals surface area contributed by atoms with Crippen LogP contribution in [0.25, 0.3) is 0 Å². The molecule has 16 heavy (non-hydrogen) atoms. The lowest BCUT2D eigenvalue weighted by Crippen LogP contribution is -2.17. The molecule has 0 aliphatic heterocycles. The summed E-state index contributed by atoms with van der Waals surface area (Å²) in [5.74, 6) is -0.759. The first kappa shape index (κ1) is 12.7. The molecule has 0 aliphatic rings. The Morgan fingerprint density at radius 2 is 1.88 bits per heavy atom. The molecular formula is C13H19NO2. The molecule has 0 spiro atoms. The average molecular weight is 221 g/mol. The van der Waals surface area contributed by atoms with Gasteiger partial charge in [-0.1, -0.05) is 37.6 Å². The summed E-state index contributed by atoms with van der Waals surface area (Å²) in [7, 11) is 0. The third kappa shape index (κ3) is 4.94. The van der Waals surface area contributed by atoms with Gasteiger partial charge in [0.25, 0.3) is 0 Å². The van der Waals surface area contributed by atoms with E-state index in [1.54, 1.807) is 0 Å². The Morgan fingerprint density at radius 1 is 1.25 bits per heavy atom. The van der Waals surface area contributed by atoms with Crippen LogP contribution in [0.1, 0.15) is 30.9 Å². The summed E-state index contributed by atoms with van der Waals surface area (Å²) in [5, 5.41) is 11.6. The molecule has 1 rings (SSSR count). The third-order valence-corrected chi connectivity index (χ3v) is 2.41. The van der Waals surface area contributed by atoms with Gasteiger partial charge in [0.05, 0.1) is 6.42 Å². The monoisotopic (exact) mass is 221 g/mol. The van der Waals surface area contributed by atoms with Gasteiger partial charge in [-0.05, 0) is 17.5 Å². The highest BCUT2D eigenvalue weighted by Crippen LogP contribution is 2.06. The number of rotatable bonds is 7. The van der Waals surface area contributed by atoms with Gasteiger partial charge in [0, 0.05) is 13.1 Å². The van der Waals surface area contributed by atoms with E-state index in [0.29, 0.717) is 6.54 Å². The molecule has 1 aromatic carbocycles. The number of hydrogen-bond donors (Lipinski definition) is 2. The number of aryl methyl sites for hydroxylation is 1. The van der Waals surface area contributed by atoms with Crippen LogP contribution in [0.5, 0.6) is 0 Å². The van der Waals surface area contributed by atoms with Crippen molar-refractivity contribution in [2.75, 3.05) is 6.54 Å². The van der Waals surface area contributed by atoms with Crippen molar-refractivity contribution >= 4 is 5.97 Å². The zero-order valence-corrected chi connectivity index (χ0v) is 9.70. The van der Waals surface area contributed by atoms with Crippen LogP contribution in [0.15, 0.2) is 24.3 Å². The first-order valence-corrected chi connectivity index (χ1v) is 5.72. The van der Waals surface area contributed by atoms with Crippen LogP contribution >= 0.6 is 0 Å². The van der Waals surface area contributed by atoms with Gasteiger partial charge in [-0.15, -0.1) is 0 Å². The Hall–Kier alpha value is -1.35. The van der Waals surface area contributed by atoms with Gasteiger partial charge in [-0.2, -0.15) is 0 Å². The van der Waals surface area contributed by atoms with E-state index in [2.05, 4.69) is 36.5 Å². The molecule has 0 saturated heterocycles. The summed E-state index contributed by atoms with van der Waals surface area (Å²) in [4.78, 5) is 10.3. The molecule has 0 unspecified atom stereocenters. The van der Waals surface area contributed by atoms with Crippen molar-refractivity contribution in [3.05, 3.63) is 35.4 Å². The van der Waals surface area contributed by atoms with E-state index in [-0.39, 0.29) is 6.42 Å². The van der Waals surface area contributed by atoms with E-state index in [1.807, 2.05) is 0 Å². The molecule has 3 heteroatoms. The molecule has 0 fully saturated rings. The smallest absolute Gasteiger partial charge is 0.304 e. The number of nitrogens with one attached hydrogen (secondary N) is 1. The number of carboxylic acids is 1. The van der Waals surface area contributed by atoms with Gasteiger partial charge < -0.3 is 10.4 Å². The Labute approximate surface area is 96.5 Å². The standard InChI is InChI=1S/C13H19NO2/c1-2-3-11-4-6-12(7-5-11)10-14-9-8-13(15)16/h4-7,14H,2-3,8-10H2,1H3,(H,15,16). The van der Waals surface area contributed by atoms with Crippen LogP contribution < -0.4 is 5.32 Å². The highest BCUT2D eigenvalue weighted by molar-refractivity contribution is 5.66. The SMILES string of the molecule is CCCc1ccc(CNCCC(=O)O)cc1. The molecule has 0 saturated carbocycles. The normalized spacial score (nSPS) is 10.3. The quantitative estimate of drug-likeness (QED) is 0.694. The Bertz CT molecular complexity index is 319. The lowest BCUT2D eigenvalue weighted by atomic mass is 10.1. The number of carboxylic acid groups (broad SMARTS) is 1. The van der Waals surface area contributed by atoms with Crippen LogP contribution in [-0.2, 0) is 17.8 Å². The highest BCUT2D eigenvalue weighted by Gasteiger charge is 1.97.